The molecule has 0 spiro atoms. The SMILES string of the molecule is N#Cc1nnn2cc(F)ccc12. The van der Waals surface area contributed by atoms with Gasteiger partial charge in [0.15, 0.2) is 5.69 Å². The number of fused-ring (bicyclic) bond motifs is 1. The molecule has 0 aromatic carbocycles. The second-order valence-corrected chi connectivity index (χ2v) is 2.23. The van der Waals surface area contributed by atoms with E-state index in [2.05, 4.69) is 10.3 Å². The van der Waals surface area contributed by atoms with Gasteiger partial charge in [0.05, 0.1) is 6.20 Å². The third-order valence-corrected chi connectivity index (χ3v) is 1.48. The topological polar surface area (TPSA) is 54.0 Å². The molecule has 0 N–H and O–H groups in total. The summed E-state index contributed by atoms with van der Waals surface area (Å²) >= 11 is 0. The van der Waals surface area contributed by atoms with Crippen LogP contribution in [0.4, 0.5) is 4.39 Å². The third-order valence-electron chi connectivity index (χ3n) is 1.48. The first-order valence-electron chi connectivity index (χ1n) is 3.22. The van der Waals surface area contributed by atoms with Crippen LogP contribution in [0.15, 0.2) is 18.3 Å². The number of halogens is 1. The fraction of sp³-hybridized carbons (Fsp3) is 0. The van der Waals surface area contributed by atoms with Crippen LogP contribution in [0, 0.1) is 17.1 Å². The largest absolute Gasteiger partial charge is 0.216 e. The minimum Gasteiger partial charge on any atom is -0.216 e. The van der Waals surface area contributed by atoms with Crippen molar-refractivity contribution in [3.8, 4) is 6.07 Å². The van der Waals surface area contributed by atoms with E-state index in [4.69, 9.17) is 5.26 Å². The summed E-state index contributed by atoms with van der Waals surface area (Å²) in [5.41, 5.74) is 0.717. The minimum absolute atomic E-state index is 0.204. The maximum atomic E-state index is 12.6. The molecule has 0 saturated heterocycles. The van der Waals surface area contributed by atoms with Crippen LogP contribution in [0.1, 0.15) is 5.69 Å². The Balaban J connectivity index is 2.84. The monoisotopic (exact) mass is 162 g/mol. The molecule has 2 aromatic heterocycles. The predicted octanol–water partition coefficient (Wildman–Crippen LogP) is 0.740. The lowest BCUT2D eigenvalue weighted by Gasteiger charge is -1.89. The molecule has 0 aliphatic heterocycles. The second-order valence-electron chi connectivity index (χ2n) is 2.23. The molecule has 5 heteroatoms. The van der Waals surface area contributed by atoms with Crippen molar-refractivity contribution in [2.24, 2.45) is 0 Å². The number of rotatable bonds is 0. The van der Waals surface area contributed by atoms with Gasteiger partial charge in [-0.15, -0.1) is 5.10 Å². The highest BCUT2D eigenvalue weighted by atomic mass is 19.1. The molecule has 0 aliphatic rings. The Morgan fingerprint density at radius 1 is 1.50 bits per heavy atom. The van der Waals surface area contributed by atoms with Crippen LogP contribution in [-0.4, -0.2) is 14.8 Å². The van der Waals surface area contributed by atoms with Gasteiger partial charge in [-0.25, -0.2) is 8.91 Å². The molecule has 12 heavy (non-hydrogen) atoms. The summed E-state index contributed by atoms with van der Waals surface area (Å²) < 4.78 is 13.8. The van der Waals surface area contributed by atoms with Crippen molar-refractivity contribution < 1.29 is 4.39 Å². The number of nitrogens with zero attached hydrogens (tertiary/aromatic N) is 4. The van der Waals surface area contributed by atoms with Gasteiger partial charge in [0.2, 0.25) is 0 Å². The Labute approximate surface area is 66.8 Å². The zero-order valence-corrected chi connectivity index (χ0v) is 5.90. The molecule has 2 heterocycles. The number of hydrogen-bond acceptors (Lipinski definition) is 3. The molecule has 0 bridgehead atoms. The van der Waals surface area contributed by atoms with Gasteiger partial charge in [0, 0.05) is 0 Å². The summed E-state index contributed by atoms with van der Waals surface area (Å²) in [6.07, 6.45) is 1.17. The van der Waals surface area contributed by atoms with Crippen LogP contribution >= 0.6 is 0 Å². The van der Waals surface area contributed by atoms with Crippen molar-refractivity contribution in [1.29, 1.82) is 5.26 Å². The minimum atomic E-state index is -0.406. The van der Waals surface area contributed by atoms with Crippen LogP contribution < -0.4 is 0 Å². The third kappa shape index (κ3) is 0.820. The Kier molecular flexibility index (Phi) is 1.27. The molecule has 2 aromatic rings. The van der Waals surface area contributed by atoms with E-state index in [0.29, 0.717) is 5.52 Å². The normalized spacial score (nSPS) is 10.0. The zero-order valence-electron chi connectivity index (χ0n) is 5.90. The van der Waals surface area contributed by atoms with Crippen molar-refractivity contribution in [1.82, 2.24) is 14.8 Å². The highest BCUT2D eigenvalue weighted by Crippen LogP contribution is 2.06. The van der Waals surface area contributed by atoms with Crippen LogP contribution in [0.2, 0.25) is 0 Å². The molecule has 0 aliphatic carbocycles. The van der Waals surface area contributed by atoms with Crippen LogP contribution in [0.5, 0.6) is 0 Å². The van der Waals surface area contributed by atoms with Crippen molar-refractivity contribution in [3.05, 3.63) is 29.8 Å². The number of aromatic nitrogens is 3. The van der Waals surface area contributed by atoms with E-state index >= 15 is 0 Å². The van der Waals surface area contributed by atoms with E-state index in [9.17, 15) is 4.39 Å². The first kappa shape index (κ1) is 6.73. The summed E-state index contributed by atoms with van der Waals surface area (Å²) in [5.74, 6) is -0.406. The first-order chi connectivity index (χ1) is 5.81. The molecule has 0 fully saturated rings. The molecule has 0 unspecified atom stereocenters. The smallest absolute Gasteiger partial charge is 0.190 e. The van der Waals surface area contributed by atoms with E-state index in [-0.39, 0.29) is 5.69 Å². The van der Waals surface area contributed by atoms with Gasteiger partial charge < -0.3 is 0 Å². The number of nitriles is 1. The van der Waals surface area contributed by atoms with E-state index in [1.165, 1.54) is 22.8 Å². The van der Waals surface area contributed by atoms with Crippen LogP contribution in [0.3, 0.4) is 0 Å². The molecular formula is C7H3FN4. The van der Waals surface area contributed by atoms with Crippen LogP contribution in [0.25, 0.3) is 5.52 Å². The summed E-state index contributed by atoms with van der Waals surface area (Å²) in [6.45, 7) is 0. The summed E-state index contributed by atoms with van der Waals surface area (Å²) in [6, 6.07) is 4.58. The lowest BCUT2D eigenvalue weighted by Crippen LogP contribution is -1.87. The van der Waals surface area contributed by atoms with Crippen molar-refractivity contribution in [2.75, 3.05) is 0 Å². The molecule has 4 nitrogen and oxygen atoms in total. The highest BCUT2D eigenvalue weighted by Gasteiger charge is 2.04. The summed E-state index contributed by atoms with van der Waals surface area (Å²) in [7, 11) is 0. The fourth-order valence-corrected chi connectivity index (χ4v) is 0.950. The zero-order chi connectivity index (χ0) is 8.55. The quantitative estimate of drug-likeness (QED) is 0.574. The van der Waals surface area contributed by atoms with Crippen molar-refractivity contribution in [2.45, 2.75) is 0 Å². The van der Waals surface area contributed by atoms with Gasteiger partial charge in [-0.3, -0.25) is 0 Å². The predicted molar refractivity (Wildman–Crippen MR) is 37.7 cm³/mol. The molecule has 0 amide bonds. The summed E-state index contributed by atoms with van der Waals surface area (Å²) in [4.78, 5) is 0. The van der Waals surface area contributed by atoms with E-state index < -0.39 is 5.82 Å². The van der Waals surface area contributed by atoms with Crippen molar-refractivity contribution in [3.63, 3.8) is 0 Å². The van der Waals surface area contributed by atoms with Gasteiger partial charge in [-0.05, 0) is 12.1 Å². The van der Waals surface area contributed by atoms with E-state index in [1.807, 2.05) is 6.07 Å². The van der Waals surface area contributed by atoms with Gasteiger partial charge in [0.1, 0.15) is 17.4 Å². The molecule has 0 saturated carbocycles. The molecule has 58 valence electrons. The van der Waals surface area contributed by atoms with Gasteiger partial charge in [0.25, 0.3) is 0 Å². The van der Waals surface area contributed by atoms with E-state index in [1.54, 1.807) is 0 Å². The first-order valence-corrected chi connectivity index (χ1v) is 3.22. The maximum absolute atomic E-state index is 12.6. The van der Waals surface area contributed by atoms with Gasteiger partial charge in [-0.2, -0.15) is 5.26 Å². The Hall–Kier alpha value is -1.96. The lowest BCUT2D eigenvalue weighted by atomic mass is 10.3. The fourth-order valence-electron chi connectivity index (χ4n) is 0.950. The van der Waals surface area contributed by atoms with Gasteiger partial charge >= 0.3 is 0 Å². The summed E-state index contributed by atoms with van der Waals surface area (Å²) in [5, 5.41) is 15.6. The van der Waals surface area contributed by atoms with Crippen molar-refractivity contribution >= 4 is 5.52 Å². The number of hydrogen-bond donors (Lipinski definition) is 0. The van der Waals surface area contributed by atoms with Gasteiger partial charge in [-0.1, -0.05) is 5.21 Å². The number of pyridine rings is 1. The lowest BCUT2D eigenvalue weighted by molar-refractivity contribution is 0.612. The van der Waals surface area contributed by atoms with Crippen LogP contribution in [-0.2, 0) is 0 Å². The Morgan fingerprint density at radius 3 is 3.08 bits per heavy atom. The standard InChI is InChI=1S/C7H3FN4/c8-5-1-2-7-6(3-9)10-11-12(7)4-5/h1-2,4H. The Bertz CT molecular complexity index is 468. The molecule has 0 atom stereocenters. The molecule has 0 radical (unpaired) electrons. The average Bonchev–Trinajstić information content (AvgIpc) is 2.46. The molecular weight excluding hydrogens is 159 g/mol. The van der Waals surface area contributed by atoms with E-state index in [0.717, 1.165) is 0 Å². The molecule has 2 rings (SSSR count). The average molecular weight is 162 g/mol. The maximum Gasteiger partial charge on any atom is 0.190 e. The second kappa shape index (κ2) is 2.27. The Morgan fingerprint density at radius 2 is 2.33 bits per heavy atom. The highest BCUT2D eigenvalue weighted by molar-refractivity contribution is 5.55.